The average Bonchev–Trinajstić information content (AvgIpc) is 0.860. The molecule has 0 radical (unpaired) electrons. The lowest BCUT2D eigenvalue weighted by molar-refractivity contribution is -0.249. The lowest BCUT2D eigenvalue weighted by atomic mass is 9.72. The molecule has 6 aromatic rings. The van der Waals surface area contributed by atoms with Crippen molar-refractivity contribution in [1.82, 2.24) is 67.1 Å². The van der Waals surface area contributed by atoms with Gasteiger partial charge in [-0.05, 0) is 77.1 Å². The number of amides is 10. The summed E-state index contributed by atoms with van der Waals surface area (Å²) < 4.78 is 45.9. The molecule has 768 valence electrons. The molecular weight excluding hydrogens is 1890 g/mol. The van der Waals surface area contributed by atoms with E-state index in [0.717, 1.165) is 5.56 Å². The number of ketones is 6. The summed E-state index contributed by atoms with van der Waals surface area (Å²) >= 11 is 0. The Labute approximate surface area is 820 Å². The number of rotatable bonds is 28. The third kappa shape index (κ3) is 20.9. The Bertz CT molecular complexity index is 5730. The van der Waals surface area contributed by atoms with Crippen LogP contribution in [0.5, 0.6) is 34.5 Å². The quantitative estimate of drug-likeness (QED) is 0.0238. The van der Waals surface area contributed by atoms with Gasteiger partial charge in [0.1, 0.15) is 109 Å². The number of hydrogen-bond donors (Lipinski definition) is 18. The van der Waals surface area contributed by atoms with Crippen molar-refractivity contribution in [3.8, 4) is 34.5 Å². The lowest BCUT2D eigenvalue weighted by Crippen LogP contribution is -2.59. The van der Waals surface area contributed by atoms with Crippen molar-refractivity contribution < 1.29 is 166 Å². The summed E-state index contributed by atoms with van der Waals surface area (Å²) in [7, 11) is 2.57. The highest BCUT2D eigenvalue weighted by Gasteiger charge is 2.55. The zero-order valence-corrected chi connectivity index (χ0v) is 79.0. The summed E-state index contributed by atoms with van der Waals surface area (Å²) in [6.07, 6.45) is -13.1. The molecule has 0 saturated carbocycles. The van der Waals surface area contributed by atoms with E-state index < -0.39 is 300 Å². The third-order valence-electron chi connectivity index (χ3n) is 27.5. The topological polar surface area (TPSA) is 671 Å². The second kappa shape index (κ2) is 43.6. The Balaban J connectivity index is 0.000000217. The lowest BCUT2D eigenvalue weighted by Gasteiger charge is -2.43. The molecule has 47 heteroatoms. The summed E-state index contributed by atoms with van der Waals surface area (Å²) in [6.45, 7) is 3.60. The van der Waals surface area contributed by atoms with E-state index in [9.17, 15) is 128 Å². The number of pyridine rings is 1. The van der Waals surface area contributed by atoms with Crippen LogP contribution < -0.4 is 52.0 Å². The predicted molar refractivity (Wildman–Crippen MR) is 490 cm³/mol. The number of aliphatic hydroxyl groups excluding tert-OH is 4. The van der Waals surface area contributed by atoms with Gasteiger partial charge in [-0.1, -0.05) is 60.7 Å². The van der Waals surface area contributed by atoms with Crippen LogP contribution in [-0.4, -0.2) is 346 Å². The van der Waals surface area contributed by atoms with Crippen LogP contribution in [0.4, 0.5) is 9.59 Å². The Hall–Kier alpha value is -14.1. The van der Waals surface area contributed by atoms with E-state index in [2.05, 4.69) is 47.5 Å². The third-order valence-corrected chi connectivity index (χ3v) is 27.5. The number of likely N-dealkylation sites (tertiary alicyclic amines) is 2. The van der Waals surface area contributed by atoms with Crippen molar-refractivity contribution in [2.75, 3.05) is 79.8 Å². The standard InChI is InChI=1S/C49H56N6O17.C48H55N7O17/c1-23(52-47(66)44-50-14-16-55(44)48(67)70-22-25-9-5-4-6-10-25)45(64)51-20-33(58)54-15-8-12-29(54)46(65)53-28-17-34(71-24(2)39(28)59)72-31-19-49(68,32(57)21-56)18-27-36(31)43(63)38-37(41(27)61)40(60)26-11-7-13-30(69-3)35(26)42(38)62;1-22(52-46(66)43-50-12-14-55(43)47(67)70-21-24-7-5-11-49-18-24)44(64)51-19-32(58)54-13-6-9-28(54)45(65)53-27-15-33(71-23(2)38(27)59)72-30-17-48(68,31(57)20-56)16-26-35(30)42(63)37-36(40(26)61)39(60)25-8-4-10-29(69-3)34(25)41(37)62/h4-7,9-11,13,23-24,28-29,31,34,39,44,50,56,59,61,63,68H,8,12,14-22H2,1-3H3,(H,51,64)(H,52,66)(H,53,65);4-5,7-8,10-11,18,22-23,27-28,30,33,38,43,50,56,59,61,63,68H,6,9,12-17,19-21H2,1-3H3,(H,51,64)(H,52,66)(H,53,65)/t23-,24?,28?,29-,31-,34?,39?,44?,49-;22-,23?,27?,28-,30-,33?,38?,43?,48-/m00/s1. The minimum Gasteiger partial charge on any atom is -0.507 e. The molecule has 10 unspecified atom stereocenters. The molecule has 4 aliphatic carbocycles. The number of carbonyl (C=O) groups excluding carboxylic acids is 16. The van der Waals surface area contributed by atoms with E-state index >= 15 is 0 Å². The number of ether oxygens (including phenoxy) is 8. The van der Waals surface area contributed by atoms with Gasteiger partial charge in [0, 0.05) is 129 Å². The van der Waals surface area contributed by atoms with Gasteiger partial charge in [0.2, 0.25) is 47.0 Å². The summed E-state index contributed by atoms with van der Waals surface area (Å²) in [6, 6.07) is 14.3. The monoisotopic (exact) mass is 2000 g/mol. The van der Waals surface area contributed by atoms with Crippen molar-refractivity contribution in [1.29, 1.82) is 0 Å². The van der Waals surface area contributed by atoms with Gasteiger partial charge in [0.05, 0.1) is 97.2 Å². The van der Waals surface area contributed by atoms with Gasteiger partial charge in [0.15, 0.2) is 48.0 Å². The molecule has 18 atom stereocenters. The molecule has 5 aromatic carbocycles. The number of nitrogens with one attached hydrogen (secondary N) is 8. The van der Waals surface area contributed by atoms with E-state index in [1.807, 2.05) is 6.07 Å². The van der Waals surface area contributed by atoms with Crippen LogP contribution in [0.15, 0.2) is 91.3 Å². The van der Waals surface area contributed by atoms with Gasteiger partial charge >= 0.3 is 12.2 Å². The number of hydrogen-bond acceptors (Lipinski definition) is 37. The molecule has 10 amide bonds. The maximum absolute atomic E-state index is 14.1. The average molecular weight is 2000 g/mol. The molecule has 1 aromatic heterocycles. The van der Waals surface area contributed by atoms with E-state index in [1.165, 1.54) is 104 Å². The highest BCUT2D eigenvalue weighted by molar-refractivity contribution is 6.32. The molecule has 0 spiro atoms. The first-order valence-corrected chi connectivity index (χ1v) is 46.8. The van der Waals surface area contributed by atoms with Crippen LogP contribution in [0.1, 0.15) is 188 Å². The molecule has 16 rings (SSSR count). The first-order chi connectivity index (χ1) is 68.7. The fourth-order valence-electron chi connectivity index (χ4n) is 20.0. The smallest absolute Gasteiger partial charge is 0.411 e. The van der Waals surface area contributed by atoms with Gasteiger partial charge in [-0.2, -0.15) is 0 Å². The van der Waals surface area contributed by atoms with Crippen LogP contribution >= 0.6 is 0 Å². The number of phenols is 4. The number of Topliss-reactive ketones (excluding diaryl/α,β-unsaturated/α-hetero) is 2. The Kier molecular flexibility index (Phi) is 31.6. The summed E-state index contributed by atoms with van der Waals surface area (Å²) in [5.41, 5.74) is -7.41. The van der Waals surface area contributed by atoms with Gasteiger partial charge in [-0.15, -0.1) is 0 Å². The zero-order valence-electron chi connectivity index (χ0n) is 79.0. The summed E-state index contributed by atoms with van der Waals surface area (Å²) in [4.78, 5) is 224. The zero-order chi connectivity index (χ0) is 104. The number of phenolic OH excluding ortho intramolecular Hbond substituents is 4. The Morgan fingerprint density at radius 1 is 0.500 bits per heavy atom. The number of aliphatic hydroxyl groups is 6. The molecule has 6 saturated heterocycles. The van der Waals surface area contributed by atoms with Gasteiger partial charge in [0.25, 0.3) is 11.8 Å². The molecular formula is C97H111N13O34. The second-order valence-electron chi connectivity index (χ2n) is 36.7. The van der Waals surface area contributed by atoms with E-state index in [0.29, 0.717) is 24.9 Å². The summed E-state index contributed by atoms with van der Waals surface area (Å²) in [5.74, 6) is -14.0. The van der Waals surface area contributed by atoms with Crippen molar-refractivity contribution in [3.63, 3.8) is 0 Å². The first-order valence-electron chi connectivity index (χ1n) is 46.8. The number of benzene rings is 5. The fourth-order valence-corrected chi connectivity index (χ4v) is 20.0. The highest BCUT2D eigenvalue weighted by atomic mass is 16.7. The summed E-state index contributed by atoms with van der Waals surface area (Å²) in [5, 5.41) is 134. The van der Waals surface area contributed by atoms with Gasteiger partial charge in [-0.3, -0.25) is 92.5 Å². The molecule has 6 fully saturated rings. The van der Waals surface area contributed by atoms with Crippen molar-refractivity contribution in [2.24, 2.45) is 0 Å². The van der Waals surface area contributed by atoms with E-state index in [-0.39, 0.29) is 128 Å². The number of aromatic hydroxyl groups is 4. The SMILES string of the molecule is COc1cccc2c1C(=O)c1c(O)c3c(c(O)c1C2=O)C[C@@](O)(C(=O)CO)C[C@@H]3OC1CC(NC(=O)[C@@H]2CCCN2C(=O)CNC(=O)[C@H](C)NC(=O)C2NCCN2C(=O)OCc2ccccc2)C(O)C(C)O1.COc1cccc2c1C(=O)c1c(O)c3c(c(O)c1C2=O)C[C@@](O)(C(=O)CO)C[C@@H]3OC1CC(NC(=O)[C@@H]2CCCN2C(=O)CNC(=O)[C@H](C)NC(=O)C2NCCN2C(=O)OCc2cccnc2)C(O)C(C)O1. The molecule has 10 aliphatic rings. The maximum Gasteiger partial charge on any atom is 0.411 e. The van der Waals surface area contributed by atoms with Crippen molar-refractivity contribution >= 4 is 94.1 Å². The van der Waals surface area contributed by atoms with Crippen LogP contribution in [0.2, 0.25) is 0 Å². The minimum absolute atomic E-state index is 0.00291. The molecule has 144 heavy (non-hydrogen) atoms. The number of aromatic nitrogens is 1. The van der Waals surface area contributed by atoms with Crippen LogP contribution in [0.25, 0.3) is 0 Å². The highest BCUT2D eigenvalue weighted by Crippen LogP contribution is 2.56. The number of carbonyl (C=O) groups is 16. The van der Waals surface area contributed by atoms with Gasteiger partial charge in [-0.25, -0.2) is 9.59 Å². The molecule has 7 heterocycles. The molecule has 18 N–H and O–H groups in total. The number of methoxy groups -OCH3 is 2. The molecule has 47 nitrogen and oxygen atoms in total. The molecule has 0 bridgehead atoms. The van der Waals surface area contributed by atoms with Crippen molar-refractivity contribution in [2.45, 2.75) is 214 Å². The van der Waals surface area contributed by atoms with E-state index in [4.69, 9.17) is 37.9 Å². The van der Waals surface area contributed by atoms with E-state index in [1.54, 1.807) is 42.6 Å². The number of nitrogens with zero attached hydrogens (tertiary/aromatic N) is 5. The Morgan fingerprint density at radius 2 is 0.903 bits per heavy atom. The fraction of sp³-hybridized carbons (Fsp3) is 0.474. The van der Waals surface area contributed by atoms with Crippen LogP contribution in [0.3, 0.4) is 0 Å². The van der Waals surface area contributed by atoms with Gasteiger partial charge < -0.3 is 131 Å². The second-order valence-corrected chi connectivity index (χ2v) is 36.7. The van der Waals surface area contributed by atoms with Crippen LogP contribution in [-0.2, 0) is 102 Å². The maximum atomic E-state index is 14.1. The predicted octanol–water partition coefficient (Wildman–Crippen LogP) is -1.93. The normalized spacial score (nSPS) is 25.9. The Morgan fingerprint density at radius 3 is 1.30 bits per heavy atom. The van der Waals surface area contributed by atoms with Crippen molar-refractivity contribution in [3.05, 3.63) is 169 Å². The first kappa shape index (κ1) is 104. The minimum atomic E-state index is -2.42. The largest absolute Gasteiger partial charge is 0.507 e. The number of fused-ring (bicyclic) bond motifs is 6. The van der Waals surface area contributed by atoms with Crippen LogP contribution in [0, 0.1) is 0 Å². The molecule has 6 aliphatic heterocycles.